The van der Waals surface area contributed by atoms with E-state index < -0.39 is 0 Å². The first-order valence-electron chi connectivity index (χ1n) is 5.10. The molecule has 0 amide bonds. The Morgan fingerprint density at radius 3 is 3.00 bits per heavy atom. The fraction of sp³-hybridized carbons (Fsp3) is 0.818. The third-order valence-electron chi connectivity index (χ3n) is 2.72. The zero-order chi connectivity index (χ0) is 9.68. The first-order valence-corrected chi connectivity index (χ1v) is 5.10. The second kappa shape index (κ2) is 5.26. The van der Waals surface area contributed by atoms with Gasteiger partial charge < -0.3 is 10.4 Å². The van der Waals surface area contributed by atoms with Crippen molar-refractivity contribution in [1.29, 1.82) is 0 Å². The van der Waals surface area contributed by atoms with Crippen LogP contribution in [0.3, 0.4) is 0 Å². The van der Waals surface area contributed by atoms with Crippen molar-refractivity contribution in [3.63, 3.8) is 0 Å². The van der Waals surface area contributed by atoms with Crippen LogP contribution >= 0.6 is 0 Å². The van der Waals surface area contributed by atoms with Crippen LogP contribution in [0.2, 0.25) is 0 Å². The number of terminal acetylenes is 1. The standard InChI is InChI=1S/C11H19NO/c1-3-9(2)12-8-10-5-4-6-11(13)7-10/h1,9-13H,4-8H2,2H3. The van der Waals surface area contributed by atoms with E-state index in [0.717, 1.165) is 25.8 Å². The Bertz CT molecular complexity index is 185. The average molecular weight is 181 g/mol. The van der Waals surface area contributed by atoms with Crippen molar-refractivity contribution < 1.29 is 5.11 Å². The van der Waals surface area contributed by atoms with E-state index in [1.54, 1.807) is 0 Å². The molecule has 0 aromatic rings. The minimum Gasteiger partial charge on any atom is -0.393 e. The molecule has 0 saturated heterocycles. The van der Waals surface area contributed by atoms with E-state index in [0.29, 0.717) is 5.92 Å². The van der Waals surface area contributed by atoms with Gasteiger partial charge in [0.05, 0.1) is 12.1 Å². The van der Waals surface area contributed by atoms with Gasteiger partial charge in [-0.3, -0.25) is 0 Å². The summed E-state index contributed by atoms with van der Waals surface area (Å²) in [7, 11) is 0. The quantitative estimate of drug-likeness (QED) is 0.640. The monoisotopic (exact) mass is 181 g/mol. The van der Waals surface area contributed by atoms with Crippen LogP contribution in [0.25, 0.3) is 0 Å². The van der Waals surface area contributed by atoms with Gasteiger partial charge in [0.25, 0.3) is 0 Å². The third-order valence-corrected chi connectivity index (χ3v) is 2.72. The molecule has 1 aliphatic rings. The minimum absolute atomic E-state index is 0.0818. The number of hydrogen-bond donors (Lipinski definition) is 2. The molecule has 1 aliphatic carbocycles. The van der Waals surface area contributed by atoms with Gasteiger partial charge >= 0.3 is 0 Å². The summed E-state index contributed by atoms with van der Waals surface area (Å²) >= 11 is 0. The maximum atomic E-state index is 9.43. The number of hydrogen-bond acceptors (Lipinski definition) is 2. The zero-order valence-electron chi connectivity index (χ0n) is 8.29. The number of rotatable bonds is 3. The Balaban J connectivity index is 2.17. The van der Waals surface area contributed by atoms with E-state index in [2.05, 4.69) is 11.2 Å². The first-order chi connectivity index (χ1) is 6.22. The molecule has 3 unspecified atom stereocenters. The van der Waals surface area contributed by atoms with E-state index in [-0.39, 0.29) is 12.1 Å². The lowest BCUT2D eigenvalue weighted by Gasteiger charge is -2.26. The summed E-state index contributed by atoms with van der Waals surface area (Å²) in [6.07, 6.45) is 9.45. The van der Waals surface area contributed by atoms with Crippen molar-refractivity contribution in [3.05, 3.63) is 0 Å². The van der Waals surface area contributed by atoms with Crippen LogP contribution in [0, 0.1) is 18.3 Å². The van der Waals surface area contributed by atoms with Gasteiger partial charge in [0.2, 0.25) is 0 Å². The number of aliphatic hydroxyl groups excluding tert-OH is 1. The highest BCUT2D eigenvalue weighted by molar-refractivity contribution is 4.96. The highest BCUT2D eigenvalue weighted by Crippen LogP contribution is 2.23. The molecule has 2 heteroatoms. The van der Waals surface area contributed by atoms with Crippen molar-refractivity contribution in [2.75, 3.05) is 6.54 Å². The van der Waals surface area contributed by atoms with Gasteiger partial charge in [-0.1, -0.05) is 12.3 Å². The Morgan fingerprint density at radius 1 is 1.62 bits per heavy atom. The van der Waals surface area contributed by atoms with Crippen LogP contribution in [0.1, 0.15) is 32.6 Å². The van der Waals surface area contributed by atoms with Crippen LogP contribution in [0.4, 0.5) is 0 Å². The lowest BCUT2D eigenvalue weighted by molar-refractivity contribution is 0.100. The number of nitrogens with one attached hydrogen (secondary N) is 1. The molecule has 0 bridgehead atoms. The van der Waals surface area contributed by atoms with E-state index in [4.69, 9.17) is 6.42 Å². The molecule has 0 spiro atoms. The lowest BCUT2D eigenvalue weighted by atomic mass is 9.87. The maximum absolute atomic E-state index is 9.43. The highest BCUT2D eigenvalue weighted by atomic mass is 16.3. The molecule has 13 heavy (non-hydrogen) atoms. The molecule has 1 rings (SSSR count). The molecule has 3 atom stereocenters. The van der Waals surface area contributed by atoms with Crippen LogP contribution in [0.15, 0.2) is 0 Å². The second-order valence-electron chi connectivity index (χ2n) is 3.98. The SMILES string of the molecule is C#CC(C)NCC1CCCC(O)C1. The van der Waals surface area contributed by atoms with Crippen LogP contribution < -0.4 is 5.32 Å². The van der Waals surface area contributed by atoms with Gasteiger partial charge in [-0.05, 0) is 38.6 Å². The van der Waals surface area contributed by atoms with Gasteiger partial charge in [-0.25, -0.2) is 0 Å². The Morgan fingerprint density at radius 2 is 2.38 bits per heavy atom. The smallest absolute Gasteiger partial charge is 0.0658 e. The summed E-state index contributed by atoms with van der Waals surface area (Å²) in [6, 6.07) is 0.152. The summed E-state index contributed by atoms with van der Waals surface area (Å²) in [5.74, 6) is 3.25. The Hall–Kier alpha value is -0.520. The Labute approximate surface area is 80.7 Å². The zero-order valence-corrected chi connectivity index (χ0v) is 8.29. The molecule has 2 nitrogen and oxygen atoms in total. The van der Waals surface area contributed by atoms with E-state index in [1.165, 1.54) is 6.42 Å². The second-order valence-corrected chi connectivity index (χ2v) is 3.98. The fourth-order valence-corrected chi connectivity index (χ4v) is 1.85. The summed E-state index contributed by atoms with van der Waals surface area (Å²) in [5.41, 5.74) is 0. The van der Waals surface area contributed by atoms with Crippen LogP contribution in [-0.4, -0.2) is 23.8 Å². The predicted octanol–water partition coefficient (Wildman–Crippen LogP) is 1.15. The van der Waals surface area contributed by atoms with E-state index in [9.17, 15) is 5.11 Å². The molecule has 2 N–H and O–H groups in total. The van der Waals surface area contributed by atoms with Crippen molar-refractivity contribution in [2.45, 2.75) is 44.8 Å². The van der Waals surface area contributed by atoms with Gasteiger partial charge in [0, 0.05) is 0 Å². The van der Waals surface area contributed by atoms with E-state index in [1.807, 2.05) is 6.92 Å². The first kappa shape index (κ1) is 10.6. The van der Waals surface area contributed by atoms with Gasteiger partial charge in [-0.15, -0.1) is 6.42 Å². The highest BCUT2D eigenvalue weighted by Gasteiger charge is 2.19. The lowest BCUT2D eigenvalue weighted by Crippen LogP contribution is -2.33. The van der Waals surface area contributed by atoms with Gasteiger partial charge in [-0.2, -0.15) is 0 Å². The van der Waals surface area contributed by atoms with Crippen LogP contribution in [-0.2, 0) is 0 Å². The molecule has 0 radical (unpaired) electrons. The van der Waals surface area contributed by atoms with Crippen molar-refractivity contribution in [1.82, 2.24) is 5.32 Å². The minimum atomic E-state index is -0.0818. The summed E-state index contributed by atoms with van der Waals surface area (Å²) < 4.78 is 0. The Kier molecular flexibility index (Phi) is 4.27. The molecule has 1 fully saturated rings. The van der Waals surface area contributed by atoms with Crippen molar-refractivity contribution >= 4 is 0 Å². The van der Waals surface area contributed by atoms with Gasteiger partial charge in [0.15, 0.2) is 0 Å². The fourth-order valence-electron chi connectivity index (χ4n) is 1.85. The summed E-state index contributed by atoms with van der Waals surface area (Å²) in [4.78, 5) is 0. The molecule has 0 heterocycles. The molecule has 0 aliphatic heterocycles. The van der Waals surface area contributed by atoms with Gasteiger partial charge in [0.1, 0.15) is 0 Å². The molecular formula is C11H19NO. The van der Waals surface area contributed by atoms with Crippen molar-refractivity contribution in [3.8, 4) is 12.3 Å². The molecular weight excluding hydrogens is 162 g/mol. The van der Waals surface area contributed by atoms with Crippen molar-refractivity contribution in [2.24, 2.45) is 5.92 Å². The predicted molar refractivity (Wildman–Crippen MR) is 54.3 cm³/mol. The number of aliphatic hydroxyl groups is 1. The third kappa shape index (κ3) is 3.80. The maximum Gasteiger partial charge on any atom is 0.0658 e. The summed E-state index contributed by atoms with van der Waals surface area (Å²) in [5, 5.41) is 12.7. The normalized spacial score (nSPS) is 30.8. The molecule has 0 aromatic heterocycles. The molecule has 74 valence electrons. The molecule has 1 saturated carbocycles. The van der Waals surface area contributed by atoms with Crippen LogP contribution in [0.5, 0.6) is 0 Å². The largest absolute Gasteiger partial charge is 0.393 e. The summed E-state index contributed by atoms with van der Waals surface area (Å²) in [6.45, 7) is 2.93. The van der Waals surface area contributed by atoms with E-state index >= 15 is 0 Å². The topological polar surface area (TPSA) is 32.3 Å². The average Bonchev–Trinajstić information content (AvgIpc) is 2.14. The molecule has 0 aromatic carbocycles.